The summed E-state index contributed by atoms with van der Waals surface area (Å²) in [4.78, 5) is 25.4. The van der Waals surface area contributed by atoms with Gasteiger partial charge in [0.15, 0.2) is 11.5 Å². The second-order valence-corrected chi connectivity index (χ2v) is 7.05. The van der Waals surface area contributed by atoms with Gasteiger partial charge in [0.25, 0.3) is 0 Å². The molecule has 0 radical (unpaired) electrons. The van der Waals surface area contributed by atoms with Crippen LogP contribution in [0.15, 0.2) is 72.8 Å². The molecule has 154 valence electrons. The van der Waals surface area contributed by atoms with Crippen LogP contribution in [0.4, 0.5) is 0 Å². The Morgan fingerprint density at radius 1 is 0.767 bits per heavy atom. The zero-order valence-corrected chi connectivity index (χ0v) is 17.4. The zero-order chi connectivity index (χ0) is 21.3. The molecule has 0 heterocycles. The van der Waals surface area contributed by atoms with E-state index in [2.05, 4.69) is 6.92 Å². The maximum Gasteiger partial charge on any atom is 0.343 e. The molecule has 3 aromatic carbocycles. The van der Waals surface area contributed by atoms with Crippen molar-refractivity contribution < 1.29 is 19.1 Å². The summed E-state index contributed by atoms with van der Waals surface area (Å²) in [6, 6.07) is 21.4. The minimum absolute atomic E-state index is 0.276. The van der Waals surface area contributed by atoms with Crippen LogP contribution < -0.4 is 9.47 Å². The smallest absolute Gasteiger partial charge is 0.343 e. The molecule has 4 nitrogen and oxygen atoms in total. The van der Waals surface area contributed by atoms with E-state index in [0.29, 0.717) is 23.3 Å². The maximum absolute atomic E-state index is 12.7. The van der Waals surface area contributed by atoms with Crippen molar-refractivity contribution in [3.05, 3.63) is 95.1 Å². The lowest BCUT2D eigenvalue weighted by atomic mass is 10.0. The third kappa shape index (κ3) is 5.35. The second-order valence-electron chi connectivity index (χ2n) is 7.05. The topological polar surface area (TPSA) is 52.6 Å². The molecule has 0 saturated carbocycles. The Bertz CT molecular complexity index is 994. The van der Waals surface area contributed by atoms with Gasteiger partial charge in [0, 0.05) is 0 Å². The van der Waals surface area contributed by atoms with Crippen LogP contribution >= 0.6 is 0 Å². The maximum atomic E-state index is 12.7. The van der Waals surface area contributed by atoms with E-state index in [-0.39, 0.29) is 5.75 Å². The van der Waals surface area contributed by atoms with E-state index < -0.39 is 11.9 Å². The summed E-state index contributed by atoms with van der Waals surface area (Å²) >= 11 is 0. The van der Waals surface area contributed by atoms with E-state index in [1.165, 1.54) is 0 Å². The quantitative estimate of drug-likeness (QED) is 0.341. The van der Waals surface area contributed by atoms with Crippen molar-refractivity contribution in [2.24, 2.45) is 0 Å². The molecule has 0 amide bonds. The van der Waals surface area contributed by atoms with Crippen LogP contribution in [-0.2, 0) is 12.8 Å². The summed E-state index contributed by atoms with van der Waals surface area (Å²) in [5.41, 5.74) is 2.78. The van der Waals surface area contributed by atoms with E-state index in [4.69, 9.17) is 9.47 Å². The molecule has 0 N–H and O–H groups in total. The molecule has 0 atom stereocenters. The first kappa shape index (κ1) is 21.3. The molecule has 0 saturated heterocycles. The van der Waals surface area contributed by atoms with Crippen LogP contribution in [0.5, 0.6) is 11.5 Å². The minimum atomic E-state index is -0.484. The fourth-order valence-electron chi connectivity index (χ4n) is 3.16. The number of carbonyl (C=O) groups excluding carboxylic acids is 2. The summed E-state index contributed by atoms with van der Waals surface area (Å²) in [5, 5.41) is 0. The predicted octanol–water partition coefficient (Wildman–Crippen LogP) is 6.03. The van der Waals surface area contributed by atoms with Crippen LogP contribution in [0.1, 0.15) is 58.5 Å². The lowest BCUT2D eigenvalue weighted by Gasteiger charge is -2.16. The van der Waals surface area contributed by atoms with Gasteiger partial charge < -0.3 is 9.47 Å². The fraction of sp³-hybridized carbons (Fsp3) is 0.231. The summed E-state index contributed by atoms with van der Waals surface area (Å²) in [7, 11) is 0. The first-order valence-corrected chi connectivity index (χ1v) is 10.3. The largest absolute Gasteiger partial charge is 0.419 e. The molecule has 0 aliphatic heterocycles. The lowest BCUT2D eigenvalue weighted by molar-refractivity contribution is 0.0681. The van der Waals surface area contributed by atoms with Crippen molar-refractivity contribution >= 4 is 11.9 Å². The number of aryl methyl sites for hydroxylation is 2. The number of hydrogen-bond donors (Lipinski definition) is 0. The van der Waals surface area contributed by atoms with Crippen LogP contribution in [0.3, 0.4) is 0 Å². The number of ether oxygens (including phenoxy) is 2. The van der Waals surface area contributed by atoms with Gasteiger partial charge in [0.1, 0.15) is 0 Å². The average Bonchev–Trinajstić information content (AvgIpc) is 2.79. The molecular weight excluding hydrogens is 376 g/mol. The molecule has 0 aromatic heterocycles. The van der Waals surface area contributed by atoms with Crippen LogP contribution in [0.25, 0.3) is 0 Å². The Morgan fingerprint density at radius 2 is 1.33 bits per heavy atom. The lowest BCUT2D eigenvalue weighted by Crippen LogP contribution is -2.14. The van der Waals surface area contributed by atoms with Gasteiger partial charge in [-0.2, -0.15) is 0 Å². The van der Waals surface area contributed by atoms with E-state index >= 15 is 0 Å². The number of rotatable bonds is 8. The molecule has 4 heteroatoms. The van der Waals surface area contributed by atoms with Gasteiger partial charge >= 0.3 is 11.9 Å². The van der Waals surface area contributed by atoms with Gasteiger partial charge in [-0.05, 0) is 60.7 Å². The third-order valence-electron chi connectivity index (χ3n) is 4.81. The van der Waals surface area contributed by atoms with E-state index in [9.17, 15) is 9.59 Å². The summed E-state index contributed by atoms with van der Waals surface area (Å²) < 4.78 is 11.4. The highest BCUT2D eigenvalue weighted by atomic mass is 16.6. The summed E-state index contributed by atoms with van der Waals surface area (Å²) in [6.45, 7) is 4.12. The minimum Gasteiger partial charge on any atom is -0.419 e. The predicted molar refractivity (Wildman–Crippen MR) is 117 cm³/mol. The summed E-state index contributed by atoms with van der Waals surface area (Å²) in [5.74, 6) is -0.389. The number of hydrogen-bond acceptors (Lipinski definition) is 4. The highest BCUT2D eigenvalue weighted by Gasteiger charge is 2.20. The fourth-order valence-corrected chi connectivity index (χ4v) is 3.16. The van der Waals surface area contributed by atoms with Crippen molar-refractivity contribution in [2.75, 3.05) is 0 Å². The SMILES string of the molecule is CCCCc1cc(CC)c(OC(=O)c2ccccc2)c(OC(=O)c2ccccc2)c1. The number of carbonyl (C=O) groups is 2. The molecule has 30 heavy (non-hydrogen) atoms. The first-order valence-electron chi connectivity index (χ1n) is 10.3. The molecule has 0 fully saturated rings. The average molecular weight is 402 g/mol. The normalized spacial score (nSPS) is 10.5. The molecule has 3 rings (SSSR count). The Balaban J connectivity index is 1.97. The standard InChI is InChI=1S/C26H26O4/c1-3-5-12-19-17-20(4-2)24(30-26(28)22-15-10-7-11-16-22)23(18-19)29-25(27)21-13-8-6-9-14-21/h6-11,13-18H,3-5,12H2,1-2H3. The summed E-state index contributed by atoms with van der Waals surface area (Å²) in [6.07, 6.45) is 3.60. The van der Waals surface area contributed by atoms with Crippen LogP contribution in [0, 0.1) is 0 Å². The molecule has 0 spiro atoms. The van der Waals surface area contributed by atoms with Gasteiger partial charge in [0.05, 0.1) is 11.1 Å². The van der Waals surface area contributed by atoms with Crippen molar-refractivity contribution in [3.8, 4) is 11.5 Å². The van der Waals surface area contributed by atoms with Crippen molar-refractivity contribution in [1.29, 1.82) is 0 Å². The second kappa shape index (κ2) is 10.4. The van der Waals surface area contributed by atoms with Gasteiger partial charge in [-0.1, -0.05) is 62.7 Å². The van der Waals surface area contributed by atoms with E-state index in [1.807, 2.05) is 31.2 Å². The molecule has 0 aliphatic rings. The Hall–Kier alpha value is -3.40. The highest BCUT2D eigenvalue weighted by Crippen LogP contribution is 2.35. The van der Waals surface area contributed by atoms with Gasteiger partial charge in [-0.3, -0.25) is 0 Å². The van der Waals surface area contributed by atoms with Crippen molar-refractivity contribution in [1.82, 2.24) is 0 Å². The van der Waals surface area contributed by atoms with Crippen LogP contribution in [-0.4, -0.2) is 11.9 Å². The zero-order valence-electron chi connectivity index (χ0n) is 17.4. The third-order valence-corrected chi connectivity index (χ3v) is 4.81. The Morgan fingerprint density at radius 3 is 1.87 bits per heavy atom. The molecule has 0 unspecified atom stereocenters. The Kier molecular flexibility index (Phi) is 7.39. The molecule has 0 bridgehead atoms. The first-order chi connectivity index (χ1) is 14.6. The Labute approximate surface area is 177 Å². The number of esters is 2. The van der Waals surface area contributed by atoms with Gasteiger partial charge in [-0.25, -0.2) is 9.59 Å². The number of benzene rings is 3. The monoisotopic (exact) mass is 402 g/mol. The van der Waals surface area contributed by atoms with E-state index in [1.54, 1.807) is 48.5 Å². The van der Waals surface area contributed by atoms with Crippen LogP contribution in [0.2, 0.25) is 0 Å². The molecule has 3 aromatic rings. The van der Waals surface area contributed by atoms with E-state index in [0.717, 1.165) is 30.4 Å². The van der Waals surface area contributed by atoms with Crippen molar-refractivity contribution in [2.45, 2.75) is 39.5 Å². The highest BCUT2D eigenvalue weighted by molar-refractivity contribution is 5.93. The van der Waals surface area contributed by atoms with Gasteiger partial charge in [0.2, 0.25) is 0 Å². The molecular formula is C26H26O4. The molecule has 0 aliphatic carbocycles. The van der Waals surface area contributed by atoms with Crippen molar-refractivity contribution in [3.63, 3.8) is 0 Å². The number of unbranched alkanes of at least 4 members (excludes halogenated alkanes) is 1. The van der Waals surface area contributed by atoms with Gasteiger partial charge in [-0.15, -0.1) is 0 Å².